The van der Waals surface area contributed by atoms with Crippen LogP contribution >= 0.6 is 23.5 Å². The van der Waals surface area contributed by atoms with Crippen LogP contribution in [-0.4, -0.2) is 33.3 Å². The zero-order valence-electron chi connectivity index (χ0n) is 14.6. The molecule has 0 spiro atoms. The van der Waals surface area contributed by atoms with E-state index < -0.39 is 5.91 Å². The average molecular weight is 417 g/mol. The van der Waals surface area contributed by atoms with Gasteiger partial charge < -0.3 is 16.0 Å². The maximum absolute atomic E-state index is 13.0. The second-order valence-electron chi connectivity index (χ2n) is 5.70. The van der Waals surface area contributed by atoms with Crippen LogP contribution in [0.3, 0.4) is 0 Å². The van der Waals surface area contributed by atoms with Crippen molar-refractivity contribution in [2.45, 2.75) is 10.1 Å². The number of nitrogens with two attached hydrogens (primary N) is 1. The minimum absolute atomic E-state index is 0.139. The third kappa shape index (κ3) is 5.61. The first-order chi connectivity index (χ1) is 13.5. The monoisotopic (exact) mass is 416 g/mol. The van der Waals surface area contributed by atoms with Gasteiger partial charge in [-0.2, -0.15) is 0 Å². The maximum atomic E-state index is 13.0. The van der Waals surface area contributed by atoms with E-state index in [9.17, 15) is 14.0 Å². The fourth-order valence-electron chi connectivity index (χ4n) is 2.32. The number of hydrogen-bond acceptors (Lipinski definition) is 5. The van der Waals surface area contributed by atoms with Gasteiger partial charge in [0.2, 0.25) is 11.8 Å². The van der Waals surface area contributed by atoms with Gasteiger partial charge in [0.25, 0.3) is 0 Å². The third-order valence-corrected chi connectivity index (χ3v) is 5.56. The van der Waals surface area contributed by atoms with Gasteiger partial charge in [-0.05, 0) is 42.0 Å². The summed E-state index contributed by atoms with van der Waals surface area (Å²) in [6.07, 6.45) is 1.64. The molecular formula is C19H17FN4O2S2. The molecule has 0 unspecified atom stereocenters. The summed E-state index contributed by atoms with van der Waals surface area (Å²) in [5.74, 6) is -0.622. The lowest BCUT2D eigenvalue weighted by atomic mass is 10.2. The Hall–Kier alpha value is -2.78. The summed E-state index contributed by atoms with van der Waals surface area (Å²) in [6, 6.07) is 13.3. The van der Waals surface area contributed by atoms with Crippen molar-refractivity contribution in [3.05, 3.63) is 60.5 Å². The zero-order chi connectivity index (χ0) is 19.9. The van der Waals surface area contributed by atoms with Crippen molar-refractivity contribution in [2.24, 2.45) is 5.73 Å². The summed E-state index contributed by atoms with van der Waals surface area (Å²) in [6.45, 7) is 0. The smallest absolute Gasteiger partial charge is 0.234 e. The van der Waals surface area contributed by atoms with Crippen molar-refractivity contribution in [1.82, 2.24) is 9.97 Å². The first kappa shape index (κ1) is 20.0. The molecule has 0 aliphatic heterocycles. The topological polar surface area (TPSA) is 101 Å². The van der Waals surface area contributed by atoms with Crippen molar-refractivity contribution in [3.63, 3.8) is 0 Å². The second kappa shape index (κ2) is 9.43. The van der Waals surface area contributed by atoms with Gasteiger partial charge in [0, 0.05) is 4.90 Å². The van der Waals surface area contributed by atoms with Crippen LogP contribution in [0.2, 0.25) is 0 Å². The van der Waals surface area contributed by atoms with E-state index in [4.69, 9.17) is 5.73 Å². The zero-order valence-corrected chi connectivity index (χ0v) is 16.3. The number of aromatic amines is 1. The Morgan fingerprint density at radius 2 is 1.82 bits per heavy atom. The number of thioether (sulfide) groups is 2. The number of carbonyl (C=O) groups excluding carboxylic acids is 2. The Bertz CT molecular complexity index is 976. The average Bonchev–Trinajstić information content (AvgIpc) is 3.15. The molecule has 0 atom stereocenters. The lowest BCUT2D eigenvalue weighted by Gasteiger charge is -2.09. The largest absolute Gasteiger partial charge is 0.369 e. The number of primary amides is 1. The van der Waals surface area contributed by atoms with E-state index >= 15 is 0 Å². The fourth-order valence-corrected chi connectivity index (χ4v) is 3.71. The summed E-state index contributed by atoms with van der Waals surface area (Å²) < 4.78 is 13.0. The number of benzene rings is 2. The Balaban J connectivity index is 1.57. The van der Waals surface area contributed by atoms with Crippen LogP contribution in [-0.2, 0) is 9.59 Å². The van der Waals surface area contributed by atoms with Crippen LogP contribution in [0.4, 0.5) is 10.1 Å². The van der Waals surface area contributed by atoms with Crippen LogP contribution in [0.5, 0.6) is 0 Å². The normalized spacial score (nSPS) is 10.6. The summed E-state index contributed by atoms with van der Waals surface area (Å²) >= 11 is 2.53. The molecule has 3 aromatic rings. The number of imidazole rings is 1. The number of anilines is 1. The Kier molecular flexibility index (Phi) is 6.72. The van der Waals surface area contributed by atoms with E-state index in [0.29, 0.717) is 10.8 Å². The number of amides is 2. The first-order valence-corrected chi connectivity index (χ1v) is 10.2. The van der Waals surface area contributed by atoms with Gasteiger partial charge in [0.1, 0.15) is 5.82 Å². The van der Waals surface area contributed by atoms with Crippen molar-refractivity contribution >= 4 is 41.0 Å². The van der Waals surface area contributed by atoms with E-state index in [1.54, 1.807) is 30.5 Å². The molecule has 3 rings (SSSR count). The molecule has 2 aromatic carbocycles. The summed E-state index contributed by atoms with van der Waals surface area (Å²) in [4.78, 5) is 31.4. The minimum atomic E-state index is -0.420. The van der Waals surface area contributed by atoms with Crippen LogP contribution in [0.1, 0.15) is 0 Å². The number of hydrogen-bond donors (Lipinski definition) is 3. The minimum Gasteiger partial charge on any atom is -0.369 e. The number of nitrogens with zero attached hydrogens (tertiary/aromatic N) is 1. The van der Waals surface area contributed by atoms with Crippen molar-refractivity contribution in [2.75, 3.05) is 16.8 Å². The van der Waals surface area contributed by atoms with Crippen LogP contribution in [0.25, 0.3) is 11.3 Å². The molecule has 0 fully saturated rings. The van der Waals surface area contributed by atoms with Crippen LogP contribution in [0, 0.1) is 5.82 Å². The van der Waals surface area contributed by atoms with E-state index in [-0.39, 0.29) is 23.2 Å². The van der Waals surface area contributed by atoms with E-state index in [1.807, 2.05) is 12.1 Å². The molecule has 1 heterocycles. The quantitative estimate of drug-likeness (QED) is 0.488. The Morgan fingerprint density at radius 3 is 2.57 bits per heavy atom. The van der Waals surface area contributed by atoms with Gasteiger partial charge in [0.05, 0.1) is 29.1 Å². The van der Waals surface area contributed by atoms with Gasteiger partial charge in [-0.3, -0.25) is 9.59 Å². The standard InChI is InChI=1S/C19H17FN4O2S2/c20-13-7-5-12(6-8-13)15-9-22-19(24-15)28-11-18(26)23-14-3-1-2-4-16(14)27-10-17(21)25/h1-9H,10-11H2,(H2,21,25)(H,22,24)(H,23,26). The predicted octanol–water partition coefficient (Wildman–Crippen LogP) is 3.52. The van der Waals surface area contributed by atoms with Gasteiger partial charge >= 0.3 is 0 Å². The molecule has 0 radical (unpaired) electrons. The number of carbonyl (C=O) groups is 2. The molecule has 28 heavy (non-hydrogen) atoms. The van der Waals surface area contributed by atoms with Gasteiger partial charge in [-0.15, -0.1) is 11.8 Å². The van der Waals surface area contributed by atoms with Crippen LogP contribution in [0.15, 0.2) is 64.8 Å². The van der Waals surface area contributed by atoms with Crippen molar-refractivity contribution < 1.29 is 14.0 Å². The number of halogens is 1. The highest BCUT2D eigenvalue weighted by atomic mass is 32.2. The lowest BCUT2D eigenvalue weighted by Crippen LogP contribution is -2.16. The summed E-state index contributed by atoms with van der Waals surface area (Å²) in [5.41, 5.74) is 7.36. The molecular weight excluding hydrogens is 399 g/mol. The molecule has 2 amide bonds. The van der Waals surface area contributed by atoms with Crippen molar-refractivity contribution in [1.29, 1.82) is 0 Å². The summed E-state index contributed by atoms with van der Waals surface area (Å²) in [7, 11) is 0. The number of aromatic nitrogens is 2. The van der Waals surface area contributed by atoms with Crippen LogP contribution < -0.4 is 11.1 Å². The van der Waals surface area contributed by atoms with Gasteiger partial charge in [0.15, 0.2) is 5.16 Å². The van der Waals surface area contributed by atoms with E-state index in [2.05, 4.69) is 15.3 Å². The molecule has 0 saturated carbocycles. The highest BCUT2D eigenvalue weighted by Gasteiger charge is 2.10. The van der Waals surface area contributed by atoms with Gasteiger partial charge in [-0.1, -0.05) is 23.9 Å². The highest BCUT2D eigenvalue weighted by molar-refractivity contribution is 8.00. The van der Waals surface area contributed by atoms with Crippen molar-refractivity contribution in [3.8, 4) is 11.3 Å². The SMILES string of the molecule is NC(=O)CSc1ccccc1NC(=O)CSc1ncc(-c2ccc(F)cc2)[nH]1. The molecule has 6 nitrogen and oxygen atoms in total. The Morgan fingerprint density at radius 1 is 1.07 bits per heavy atom. The third-order valence-electron chi connectivity index (χ3n) is 3.58. The molecule has 1 aromatic heterocycles. The number of rotatable bonds is 8. The first-order valence-electron chi connectivity index (χ1n) is 8.25. The van der Waals surface area contributed by atoms with E-state index in [0.717, 1.165) is 16.2 Å². The molecule has 0 saturated heterocycles. The molecule has 144 valence electrons. The molecule has 0 aliphatic carbocycles. The van der Waals surface area contributed by atoms with E-state index in [1.165, 1.54) is 35.7 Å². The highest BCUT2D eigenvalue weighted by Crippen LogP contribution is 2.27. The molecule has 9 heteroatoms. The second-order valence-corrected chi connectivity index (χ2v) is 7.68. The maximum Gasteiger partial charge on any atom is 0.234 e. The molecule has 4 N–H and O–H groups in total. The predicted molar refractivity (Wildman–Crippen MR) is 110 cm³/mol. The number of H-pyrrole nitrogens is 1. The fraction of sp³-hybridized carbons (Fsp3) is 0.105. The molecule has 0 aliphatic rings. The molecule has 0 bridgehead atoms. The summed E-state index contributed by atoms with van der Waals surface area (Å²) in [5, 5.41) is 3.42. The lowest BCUT2D eigenvalue weighted by molar-refractivity contribution is -0.115. The van der Waals surface area contributed by atoms with Gasteiger partial charge in [-0.25, -0.2) is 9.37 Å². The Labute approximate surface area is 169 Å². The number of para-hydroxylation sites is 1. The number of nitrogens with one attached hydrogen (secondary N) is 2.